The lowest BCUT2D eigenvalue weighted by Gasteiger charge is -2.07. The summed E-state index contributed by atoms with van der Waals surface area (Å²) >= 11 is 7.26. The number of benzene rings is 2. The van der Waals surface area contributed by atoms with E-state index in [9.17, 15) is 8.78 Å². The van der Waals surface area contributed by atoms with E-state index in [1.165, 1.54) is 30.0 Å². The SMILES string of the molecule is Nc1ccc(SCc2c(F)cccc2F)c(Cl)c1. The minimum atomic E-state index is -0.547. The van der Waals surface area contributed by atoms with Gasteiger partial charge < -0.3 is 5.73 Å². The fourth-order valence-corrected chi connectivity index (χ4v) is 2.74. The van der Waals surface area contributed by atoms with Crippen molar-refractivity contribution >= 4 is 29.1 Å². The average molecular weight is 286 g/mol. The van der Waals surface area contributed by atoms with Crippen molar-refractivity contribution in [2.45, 2.75) is 10.6 Å². The van der Waals surface area contributed by atoms with Crippen LogP contribution in [0.3, 0.4) is 0 Å². The molecule has 0 aliphatic rings. The summed E-state index contributed by atoms with van der Waals surface area (Å²) < 4.78 is 26.8. The summed E-state index contributed by atoms with van der Waals surface area (Å²) in [6.45, 7) is 0. The van der Waals surface area contributed by atoms with Crippen molar-refractivity contribution in [3.05, 3.63) is 58.6 Å². The molecule has 2 aromatic rings. The van der Waals surface area contributed by atoms with Crippen molar-refractivity contribution in [1.29, 1.82) is 0 Å². The molecule has 2 N–H and O–H groups in total. The highest BCUT2D eigenvalue weighted by molar-refractivity contribution is 7.98. The largest absolute Gasteiger partial charge is 0.399 e. The molecule has 2 rings (SSSR count). The first-order chi connectivity index (χ1) is 8.58. The number of nitrogens with two attached hydrogens (primary N) is 1. The lowest BCUT2D eigenvalue weighted by molar-refractivity contribution is 0.566. The second-order valence-corrected chi connectivity index (χ2v) is 5.10. The van der Waals surface area contributed by atoms with Crippen LogP contribution in [-0.4, -0.2) is 0 Å². The summed E-state index contributed by atoms with van der Waals surface area (Å²) in [4.78, 5) is 0.744. The molecule has 1 nitrogen and oxygen atoms in total. The Hall–Kier alpha value is -1.26. The van der Waals surface area contributed by atoms with Gasteiger partial charge in [0.15, 0.2) is 0 Å². The highest BCUT2D eigenvalue weighted by Gasteiger charge is 2.10. The van der Waals surface area contributed by atoms with E-state index < -0.39 is 11.6 Å². The molecular formula is C13H10ClF2NS. The highest BCUT2D eigenvalue weighted by Crippen LogP contribution is 2.32. The molecule has 94 valence electrons. The molecule has 0 aromatic heterocycles. The molecule has 0 amide bonds. The summed E-state index contributed by atoms with van der Waals surface area (Å²) in [7, 11) is 0. The Kier molecular flexibility index (Phi) is 4.09. The van der Waals surface area contributed by atoms with Crippen LogP contribution in [0.4, 0.5) is 14.5 Å². The highest BCUT2D eigenvalue weighted by atomic mass is 35.5. The zero-order chi connectivity index (χ0) is 13.1. The maximum absolute atomic E-state index is 13.4. The minimum Gasteiger partial charge on any atom is -0.399 e. The first kappa shape index (κ1) is 13.2. The summed E-state index contributed by atoms with van der Waals surface area (Å²) in [5.74, 6) is -0.912. The van der Waals surface area contributed by atoms with Gasteiger partial charge in [-0.1, -0.05) is 17.7 Å². The standard InChI is InChI=1S/C13H10ClF2NS/c14-10-6-8(17)4-5-13(10)18-7-9-11(15)2-1-3-12(9)16/h1-6H,7,17H2. The van der Waals surface area contributed by atoms with Gasteiger partial charge in [0.1, 0.15) is 11.6 Å². The van der Waals surface area contributed by atoms with Crippen molar-refractivity contribution in [3.8, 4) is 0 Å². The molecule has 0 radical (unpaired) electrons. The van der Waals surface area contributed by atoms with Gasteiger partial charge >= 0.3 is 0 Å². The van der Waals surface area contributed by atoms with Gasteiger partial charge in [-0.3, -0.25) is 0 Å². The Balaban J connectivity index is 2.16. The van der Waals surface area contributed by atoms with Crippen molar-refractivity contribution < 1.29 is 8.78 Å². The molecule has 0 spiro atoms. The second-order valence-electron chi connectivity index (χ2n) is 3.68. The van der Waals surface area contributed by atoms with Gasteiger partial charge in [0.05, 0.1) is 5.02 Å². The second kappa shape index (κ2) is 5.59. The molecule has 2 aromatic carbocycles. The van der Waals surface area contributed by atoms with Crippen LogP contribution in [-0.2, 0) is 5.75 Å². The predicted molar refractivity (Wildman–Crippen MR) is 71.8 cm³/mol. The van der Waals surface area contributed by atoms with E-state index in [-0.39, 0.29) is 11.3 Å². The fourth-order valence-electron chi connectivity index (χ4n) is 1.45. The predicted octanol–water partition coefficient (Wildman–Crippen LogP) is 4.49. The zero-order valence-electron chi connectivity index (χ0n) is 9.29. The van der Waals surface area contributed by atoms with E-state index in [4.69, 9.17) is 17.3 Å². The van der Waals surface area contributed by atoms with Gasteiger partial charge in [0.2, 0.25) is 0 Å². The normalized spacial score (nSPS) is 10.6. The quantitative estimate of drug-likeness (QED) is 0.664. The first-order valence-electron chi connectivity index (χ1n) is 5.18. The van der Waals surface area contributed by atoms with Gasteiger partial charge in [-0.2, -0.15) is 0 Å². The molecule has 18 heavy (non-hydrogen) atoms. The van der Waals surface area contributed by atoms with Crippen LogP contribution in [0.5, 0.6) is 0 Å². The summed E-state index contributed by atoms with van der Waals surface area (Å²) in [5, 5.41) is 0.483. The Morgan fingerprint density at radius 2 is 1.78 bits per heavy atom. The van der Waals surface area contributed by atoms with Crippen LogP contribution < -0.4 is 5.73 Å². The third-order valence-electron chi connectivity index (χ3n) is 2.39. The fraction of sp³-hybridized carbons (Fsp3) is 0.0769. The molecule has 0 aliphatic heterocycles. The summed E-state index contributed by atoms with van der Waals surface area (Å²) in [5.41, 5.74) is 6.18. The molecule has 0 atom stereocenters. The van der Waals surface area contributed by atoms with E-state index in [0.29, 0.717) is 10.7 Å². The lowest BCUT2D eigenvalue weighted by atomic mass is 10.2. The van der Waals surface area contributed by atoms with Gasteiger partial charge in [-0.15, -0.1) is 11.8 Å². The maximum atomic E-state index is 13.4. The Bertz CT molecular complexity index is 555. The van der Waals surface area contributed by atoms with E-state index in [2.05, 4.69) is 0 Å². The number of nitrogen functional groups attached to an aromatic ring is 1. The van der Waals surface area contributed by atoms with Crippen LogP contribution in [0.2, 0.25) is 5.02 Å². The molecule has 0 saturated carbocycles. The van der Waals surface area contributed by atoms with Crippen molar-refractivity contribution in [2.24, 2.45) is 0 Å². The smallest absolute Gasteiger partial charge is 0.130 e. The Labute approximate surface area is 113 Å². The molecule has 0 saturated heterocycles. The first-order valence-corrected chi connectivity index (χ1v) is 6.55. The molecular weight excluding hydrogens is 276 g/mol. The molecule has 0 aliphatic carbocycles. The topological polar surface area (TPSA) is 26.0 Å². The minimum absolute atomic E-state index is 0.0513. The third-order valence-corrected chi connectivity index (χ3v) is 3.91. The Morgan fingerprint density at radius 3 is 2.39 bits per heavy atom. The average Bonchev–Trinajstić information content (AvgIpc) is 2.31. The van der Waals surface area contributed by atoms with Crippen LogP contribution >= 0.6 is 23.4 Å². The van der Waals surface area contributed by atoms with Crippen LogP contribution in [0, 0.1) is 11.6 Å². The van der Waals surface area contributed by atoms with E-state index in [1.807, 2.05) is 0 Å². The molecule has 0 fully saturated rings. The maximum Gasteiger partial charge on any atom is 0.130 e. The van der Waals surface area contributed by atoms with Crippen molar-refractivity contribution in [3.63, 3.8) is 0 Å². The molecule has 0 unspecified atom stereocenters. The number of halogens is 3. The van der Waals surface area contributed by atoms with Gasteiger partial charge in [-0.05, 0) is 30.3 Å². The molecule has 5 heteroatoms. The van der Waals surface area contributed by atoms with E-state index in [0.717, 1.165) is 4.90 Å². The summed E-state index contributed by atoms with van der Waals surface area (Å²) in [6.07, 6.45) is 0. The Morgan fingerprint density at radius 1 is 1.11 bits per heavy atom. The number of hydrogen-bond donors (Lipinski definition) is 1. The summed E-state index contributed by atoms with van der Waals surface area (Å²) in [6, 6.07) is 8.87. The number of rotatable bonds is 3. The van der Waals surface area contributed by atoms with E-state index in [1.54, 1.807) is 18.2 Å². The van der Waals surface area contributed by atoms with Gasteiger partial charge in [-0.25, -0.2) is 8.78 Å². The number of anilines is 1. The monoisotopic (exact) mass is 285 g/mol. The van der Waals surface area contributed by atoms with Crippen LogP contribution in [0.25, 0.3) is 0 Å². The number of thioether (sulfide) groups is 1. The van der Waals surface area contributed by atoms with Crippen LogP contribution in [0.15, 0.2) is 41.3 Å². The van der Waals surface area contributed by atoms with Gasteiger partial charge in [0.25, 0.3) is 0 Å². The van der Waals surface area contributed by atoms with Gasteiger partial charge in [0, 0.05) is 21.9 Å². The lowest BCUT2D eigenvalue weighted by Crippen LogP contribution is -1.93. The van der Waals surface area contributed by atoms with Crippen molar-refractivity contribution in [1.82, 2.24) is 0 Å². The zero-order valence-corrected chi connectivity index (χ0v) is 10.9. The van der Waals surface area contributed by atoms with Crippen molar-refractivity contribution in [2.75, 3.05) is 5.73 Å². The van der Waals surface area contributed by atoms with E-state index >= 15 is 0 Å². The van der Waals surface area contributed by atoms with Crippen LogP contribution in [0.1, 0.15) is 5.56 Å². The molecule has 0 bridgehead atoms. The number of hydrogen-bond acceptors (Lipinski definition) is 2. The molecule has 0 heterocycles. The third kappa shape index (κ3) is 2.94.